The molecule has 1 unspecified atom stereocenters. The number of benzene rings is 1. The number of rotatable bonds is 4. The van der Waals surface area contributed by atoms with Gasteiger partial charge in [0.1, 0.15) is 5.58 Å². The molecule has 140 valence electrons. The van der Waals surface area contributed by atoms with E-state index in [0.717, 1.165) is 26.0 Å². The Morgan fingerprint density at radius 2 is 1.88 bits per heavy atom. The fourth-order valence-corrected chi connectivity index (χ4v) is 5.05. The lowest BCUT2D eigenvalue weighted by Crippen LogP contribution is -2.50. The summed E-state index contributed by atoms with van der Waals surface area (Å²) in [5, 5.41) is 0.600. The van der Waals surface area contributed by atoms with Gasteiger partial charge in [-0.15, -0.1) is 0 Å². The van der Waals surface area contributed by atoms with Crippen molar-refractivity contribution in [2.45, 2.75) is 23.8 Å². The van der Waals surface area contributed by atoms with E-state index in [2.05, 4.69) is 4.90 Å². The van der Waals surface area contributed by atoms with Gasteiger partial charge in [0, 0.05) is 50.8 Å². The fraction of sp³-hybridized carbons (Fsp3) is 0.500. The first-order chi connectivity index (χ1) is 12.5. The predicted molar refractivity (Wildman–Crippen MR) is 96.7 cm³/mol. The summed E-state index contributed by atoms with van der Waals surface area (Å²) >= 11 is 0. The van der Waals surface area contributed by atoms with E-state index in [1.165, 1.54) is 22.5 Å². The molecule has 3 heterocycles. The van der Waals surface area contributed by atoms with Gasteiger partial charge in [0.05, 0.1) is 11.0 Å². The number of fused-ring (bicyclic) bond motifs is 1. The minimum atomic E-state index is -3.56. The van der Waals surface area contributed by atoms with Gasteiger partial charge in [0.15, 0.2) is 0 Å². The first kappa shape index (κ1) is 17.7. The maximum absolute atomic E-state index is 12.9. The number of hydrogen-bond acceptors (Lipinski definition) is 6. The van der Waals surface area contributed by atoms with Crippen molar-refractivity contribution in [3.63, 3.8) is 0 Å². The van der Waals surface area contributed by atoms with Crippen LogP contribution in [-0.4, -0.2) is 63.1 Å². The van der Waals surface area contributed by atoms with Crippen LogP contribution in [0.25, 0.3) is 11.0 Å². The third kappa shape index (κ3) is 3.55. The molecular formula is C18H22N2O5S. The van der Waals surface area contributed by atoms with Gasteiger partial charge in [-0.25, -0.2) is 13.2 Å². The molecule has 4 rings (SSSR count). The van der Waals surface area contributed by atoms with Crippen LogP contribution >= 0.6 is 0 Å². The molecule has 8 heteroatoms. The molecule has 2 aromatic rings. The van der Waals surface area contributed by atoms with E-state index >= 15 is 0 Å². The van der Waals surface area contributed by atoms with Gasteiger partial charge < -0.3 is 9.15 Å². The van der Waals surface area contributed by atoms with Crippen LogP contribution in [0, 0.1) is 0 Å². The normalized spacial score (nSPS) is 22.8. The second-order valence-electron chi connectivity index (χ2n) is 6.79. The zero-order chi connectivity index (χ0) is 18.1. The van der Waals surface area contributed by atoms with Crippen LogP contribution in [0.5, 0.6) is 0 Å². The molecule has 0 amide bonds. The van der Waals surface area contributed by atoms with Crippen LogP contribution < -0.4 is 5.63 Å². The molecule has 2 aliphatic rings. The summed E-state index contributed by atoms with van der Waals surface area (Å²) in [5.41, 5.74) is -0.0618. The highest BCUT2D eigenvalue weighted by atomic mass is 32.2. The predicted octanol–water partition coefficient (Wildman–Crippen LogP) is 1.28. The lowest BCUT2D eigenvalue weighted by molar-refractivity contribution is 0.0617. The van der Waals surface area contributed by atoms with Crippen molar-refractivity contribution in [1.29, 1.82) is 0 Å². The third-order valence-corrected chi connectivity index (χ3v) is 6.94. The number of sulfonamides is 1. The Balaban J connectivity index is 1.47. The first-order valence-electron chi connectivity index (χ1n) is 8.90. The summed E-state index contributed by atoms with van der Waals surface area (Å²) in [6, 6.07) is 7.48. The second kappa shape index (κ2) is 7.11. The van der Waals surface area contributed by atoms with Gasteiger partial charge in [-0.05, 0) is 37.1 Å². The van der Waals surface area contributed by atoms with Crippen molar-refractivity contribution in [1.82, 2.24) is 9.21 Å². The van der Waals surface area contributed by atoms with Crippen LogP contribution in [0.3, 0.4) is 0 Å². The molecule has 1 aromatic heterocycles. The quantitative estimate of drug-likeness (QED) is 0.746. The van der Waals surface area contributed by atoms with Gasteiger partial charge in [0.2, 0.25) is 10.0 Å². The summed E-state index contributed by atoms with van der Waals surface area (Å²) in [6.07, 6.45) is 2.49. The summed E-state index contributed by atoms with van der Waals surface area (Å²) in [5.74, 6) is 0. The Labute approximate surface area is 152 Å². The van der Waals surface area contributed by atoms with Gasteiger partial charge in [-0.3, -0.25) is 4.90 Å². The number of ether oxygens (including phenoxy) is 1. The Bertz CT molecular complexity index is 941. The van der Waals surface area contributed by atoms with Crippen LogP contribution in [-0.2, 0) is 14.8 Å². The smallest absolute Gasteiger partial charge is 0.336 e. The molecule has 0 radical (unpaired) electrons. The Morgan fingerprint density at radius 3 is 2.62 bits per heavy atom. The highest BCUT2D eigenvalue weighted by Crippen LogP contribution is 2.22. The van der Waals surface area contributed by atoms with Gasteiger partial charge in [0.25, 0.3) is 0 Å². The van der Waals surface area contributed by atoms with E-state index in [1.807, 2.05) is 0 Å². The Morgan fingerprint density at radius 1 is 1.08 bits per heavy atom. The van der Waals surface area contributed by atoms with Crippen molar-refractivity contribution in [2.75, 3.05) is 39.3 Å². The maximum atomic E-state index is 12.9. The van der Waals surface area contributed by atoms with E-state index in [1.54, 1.807) is 12.1 Å². The van der Waals surface area contributed by atoms with Crippen LogP contribution in [0.15, 0.2) is 44.4 Å². The molecule has 0 aliphatic carbocycles. The minimum Gasteiger partial charge on any atom is -0.423 e. The lowest BCUT2D eigenvalue weighted by Gasteiger charge is -2.35. The molecule has 2 aliphatic heterocycles. The average molecular weight is 378 g/mol. The van der Waals surface area contributed by atoms with Gasteiger partial charge in [-0.1, -0.05) is 0 Å². The van der Waals surface area contributed by atoms with Crippen LogP contribution in [0.1, 0.15) is 12.8 Å². The molecule has 0 spiro atoms. The lowest BCUT2D eigenvalue weighted by atomic mass is 10.2. The summed E-state index contributed by atoms with van der Waals surface area (Å²) in [6.45, 7) is 4.07. The second-order valence-corrected chi connectivity index (χ2v) is 8.73. The largest absolute Gasteiger partial charge is 0.423 e. The van der Waals surface area contributed by atoms with Crippen molar-refractivity contribution in [3.05, 3.63) is 40.8 Å². The highest BCUT2D eigenvalue weighted by molar-refractivity contribution is 7.89. The molecule has 1 aromatic carbocycles. The van der Waals surface area contributed by atoms with Gasteiger partial charge >= 0.3 is 5.63 Å². The van der Waals surface area contributed by atoms with Gasteiger partial charge in [-0.2, -0.15) is 4.31 Å². The standard InChI is InChI=1S/C18H22N2O5S/c21-18-6-3-14-12-16(4-5-17(14)25-18)26(22,23)20-9-7-19(8-10-20)13-15-2-1-11-24-15/h3-6,12,15H,1-2,7-11,13H2. The minimum absolute atomic E-state index is 0.228. The molecular weight excluding hydrogens is 356 g/mol. The van der Waals surface area contributed by atoms with Crippen molar-refractivity contribution < 1.29 is 17.6 Å². The van der Waals surface area contributed by atoms with E-state index in [4.69, 9.17) is 9.15 Å². The molecule has 2 fully saturated rings. The van der Waals surface area contributed by atoms with E-state index in [9.17, 15) is 13.2 Å². The molecule has 1 atom stereocenters. The zero-order valence-electron chi connectivity index (χ0n) is 14.5. The van der Waals surface area contributed by atoms with E-state index in [-0.39, 0.29) is 11.0 Å². The zero-order valence-corrected chi connectivity index (χ0v) is 15.3. The van der Waals surface area contributed by atoms with E-state index < -0.39 is 15.6 Å². The average Bonchev–Trinajstić information content (AvgIpc) is 3.14. The third-order valence-electron chi connectivity index (χ3n) is 5.05. The maximum Gasteiger partial charge on any atom is 0.336 e. The number of nitrogens with zero attached hydrogens (tertiary/aromatic N) is 2. The summed E-state index contributed by atoms with van der Waals surface area (Å²) in [7, 11) is -3.56. The number of hydrogen-bond donors (Lipinski definition) is 0. The molecule has 0 N–H and O–H groups in total. The van der Waals surface area contributed by atoms with Crippen molar-refractivity contribution in [2.24, 2.45) is 0 Å². The summed E-state index contributed by atoms with van der Waals surface area (Å²) < 4.78 is 38.1. The molecule has 7 nitrogen and oxygen atoms in total. The fourth-order valence-electron chi connectivity index (χ4n) is 3.59. The SMILES string of the molecule is O=c1ccc2cc(S(=O)(=O)N3CCN(CC4CCCO4)CC3)ccc2o1. The number of piperazine rings is 1. The van der Waals surface area contributed by atoms with Crippen LogP contribution in [0.2, 0.25) is 0 Å². The van der Waals surface area contributed by atoms with Crippen molar-refractivity contribution in [3.8, 4) is 0 Å². The Hall–Kier alpha value is -1.74. The molecule has 0 saturated carbocycles. The van der Waals surface area contributed by atoms with Crippen molar-refractivity contribution >= 4 is 21.0 Å². The monoisotopic (exact) mass is 378 g/mol. The molecule has 26 heavy (non-hydrogen) atoms. The van der Waals surface area contributed by atoms with Crippen LogP contribution in [0.4, 0.5) is 0 Å². The molecule has 0 bridgehead atoms. The first-order valence-corrected chi connectivity index (χ1v) is 10.3. The summed E-state index contributed by atoms with van der Waals surface area (Å²) in [4.78, 5) is 13.8. The topological polar surface area (TPSA) is 80.1 Å². The Kier molecular flexibility index (Phi) is 4.83. The highest BCUT2D eigenvalue weighted by Gasteiger charge is 2.30. The van der Waals surface area contributed by atoms with E-state index in [0.29, 0.717) is 37.1 Å². The molecule has 2 saturated heterocycles.